The topological polar surface area (TPSA) is 43.4 Å². The smallest absolute Gasteiger partial charge is 0.305 e. The maximum Gasteiger partial charge on any atom is 0.380 e. The minimum atomic E-state index is -3.49. The van der Waals surface area contributed by atoms with Crippen molar-refractivity contribution in [3.05, 3.63) is 0 Å². The minimum Gasteiger partial charge on any atom is -0.305 e. The van der Waals surface area contributed by atoms with E-state index in [2.05, 4.69) is 4.52 Å². The van der Waals surface area contributed by atoms with E-state index in [-0.39, 0.29) is 6.61 Å². The van der Waals surface area contributed by atoms with Crippen molar-refractivity contribution in [1.82, 2.24) is 0 Å². The van der Waals surface area contributed by atoms with Gasteiger partial charge in [0.15, 0.2) is 0 Å². The second-order valence-corrected chi connectivity index (χ2v) is 7.07. The molecule has 66 valence electrons. The number of rotatable bonds is 4. The van der Waals surface area contributed by atoms with Crippen molar-refractivity contribution in [1.29, 1.82) is 0 Å². The zero-order chi connectivity index (χ0) is 9.12. The highest BCUT2D eigenvalue weighted by molar-refractivity contribution is 8.05. The van der Waals surface area contributed by atoms with Crippen LogP contribution in [0.2, 0.25) is 0 Å². The van der Waals surface area contributed by atoms with Gasteiger partial charge < -0.3 is 9.32 Å². The van der Waals surface area contributed by atoms with Gasteiger partial charge in [-0.25, -0.2) is 0 Å². The van der Waals surface area contributed by atoms with Crippen LogP contribution < -0.4 is 0 Å². The summed E-state index contributed by atoms with van der Waals surface area (Å²) in [6.45, 7) is 3.22. The van der Waals surface area contributed by atoms with Crippen LogP contribution in [0.3, 0.4) is 0 Å². The first-order chi connectivity index (χ1) is 4.77. The average molecular weight is 219 g/mol. The van der Waals surface area contributed by atoms with Crippen molar-refractivity contribution >= 4 is 34.8 Å². The zero-order valence-electron chi connectivity index (χ0n) is 6.21. The molecule has 0 saturated heterocycles. The predicted molar refractivity (Wildman–Crippen MR) is 45.1 cm³/mol. The monoisotopic (exact) mass is 218 g/mol. The van der Waals surface area contributed by atoms with Crippen molar-refractivity contribution in [2.45, 2.75) is 13.8 Å². The van der Waals surface area contributed by atoms with Crippen LogP contribution in [-0.4, -0.2) is 12.9 Å². The summed E-state index contributed by atoms with van der Waals surface area (Å²) in [5.74, 6) is 0. The van der Waals surface area contributed by atoms with Crippen LogP contribution in [0.5, 0.6) is 0 Å². The molecule has 0 aromatic rings. The molecule has 3 nitrogen and oxygen atoms in total. The first-order valence-corrected chi connectivity index (χ1v) is 6.30. The summed E-state index contributed by atoms with van der Waals surface area (Å²) in [4.78, 5) is 10.3. The van der Waals surface area contributed by atoms with E-state index in [1.807, 2.05) is 0 Å². The van der Waals surface area contributed by atoms with E-state index in [9.17, 15) is 9.36 Å². The first kappa shape index (κ1) is 11.4. The van der Waals surface area contributed by atoms with Crippen molar-refractivity contribution < 1.29 is 13.9 Å². The van der Waals surface area contributed by atoms with Gasteiger partial charge in [0.25, 0.3) is 0 Å². The lowest BCUT2D eigenvalue weighted by atomic mass is 9.98. The van der Waals surface area contributed by atoms with Gasteiger partial charge in [-0.2, -0.15) is 0 Å². The van der Waals surface area contributed by atoms with Gasteiger partial charge in [-0.15, -0.1) is 0 Å². The van der Waals surface area contributed by atoms with E-state index in [4.69, 9.17) is 22.5 Å². The third kappa shape index (κ3) is 6.82. The highest BCUT2D eigenvalue weighted by Gasteiger charge is 2.23. The van der Waals surface area contributed by atoms with Gasteiger partial charge in [0.2, 0.25) is 0 Å². The summed E-state index contributed by atoms with van der Waals surface area (Å²) in [6, 6.07) is 0. The van der Waals surface area contributed by atoms with Crippen molar-refractivity contribution in [2.75, 3.05) is 6.61 Å². The van der Waals surface area contributed by atoms with E-state index >= 15 is 0 Å². The molecule has 0 spiro atoms. The summed E-state index contributed by atoms with van der Waals surface area (Å²) in [6.07, 6.45) is -2.80. The van der Waals surface area contributed by atoms with Crippen LogP contribution in [0.15, 0.2) is 0 Å². The highest BCUT2D eigenvalue weighted by atomic mass is 35.9. The Labute approximate surface area is 75.0 Å². The molecule has 0 amide bonds. The van der Waals surface area contributed by atoms with E-state index in [1.54, 1.807) is 13.8 Å². The maximum absolute atomic E-state index is 10.6. The lowest BCUT2D eigenvalue weighted by Gasteiger charge is -2.16. The lowest BCUT2D eigenvalue weighted by Crippen LogP contribution is -2.19. The number of aldehydes is 1. The van der Waals surface area contributed by atoms with Crippen molar-refractivity contribution in [3.63, 3.8) is 0 Å². The van der Waals surface area contributed by atoms with E-state index in [1.165, 1.54) is 0 Å². The number of halogens is 2. The van der Waals surface area contributed by atoms with Crippen LogP contribution in [0, 0.1) is 5.41 Å². The Hall–Kier alpha value is 0.440. The quantitative estimate of drug-likeness (QED) is 0.539. The number of carbonyl (C=O) groups is 1. The minimum absolute atomic E-state index is 0.0409. The van der Waals surface area contributed by atoms with Crippen molar-refractivity contribution in [2.24, 2.45) is 5.41 Å². The van der Waals surface area contributed by atoms with Gasteiger partial charge in [0, 0.05) is 5.41 Å². The van der Waals surface area contributed by atoms with Gasteiger partial charge in [-0.05, 0) is 22.5 Å². The third-order valence-electron chi connectivity index (χ3n) is 0.906. The molecule has 0 aliphatic rings. The standard InChI is InChI=1S/C5H9Cl2O3P/c1-5(2,3-8)4-10-11(6,7)9/h3H,4H2,1-2H3. The average Bonchev–Trinajstić information content (AvgIpc) is 1.83. The molecule has 11 heavy (non-hydrogen) atoms. The molecule has 0 rings (SSSR count). The fourth-order valence-electron chi connectivity index (χ4n) is 0.276. The van der Waals surface area contributed by atoms with Gasteiger partial charge in [0.05, 0.1) is 6.61 Å². The summed E-state index contributed by atoms with van der Waals surface area (Å²) < 4.78 is 15.1. The van der Waals surface area contributed by atoms with Crippen molar-refractivity contribution in [3.8, 4) is 0 Å². The molecule has 0 aliphatic carbocycles. The zero-order valence-corrected chi connectivity index (χ0v) is 8.62. The Bertz CT molecular complexity index is 186. The molecule has 0 aliphatic heterocycles. The normalized spacial score (nSPS) is 13.1. The Kier molecular flexibility index (Phi) is 4.06. The molecule has 0 aromatic heterocycles. The van der Waals surface area contributed by atoms with Gasteiger partial charge in [-0.3, -0.25) is 4.57 Å². The first-order valence-electron chi connectivity index (χ1n) is 2.87. The van der Waals surface area contributed by atoms with Crippen LogP contribution >= 0.6 is 28.6 Å². The number of carbonyl (C=O) groups excluding carboxylic acids is 1. The Balaban J connectivity index is 3.89. The summed E-state index contributed by atoms with van der Waals surface area (Å²) in [5, 5.41) is 0. The van der Waals surface area contributed by atoms with Gasteiger partial charge >= 0.3 is 6.07 Å². The Morgan fingerprint density at radius 3 is 2.27 bits per heavy atom. The SMILES string of the molecule is CC(C)(C=O)COP(=O)(Cl)Cl. The van der Waals surface area contributed by atoms with E-state index in [0.717, 1.165) is 0 Å². The Morgan fingerprint density at radius 1 is 1.55 bits per heavy atom. The molecule has 0 unspecified atom stereocenters. The highest BCUT2D eigenvalue weighted by Crippen LogP contribution is 2.58. The molecule has 6 heteroatoms. The fourth-order valence-corrected chi connectivity index (χ4v) is 1.05. The second kappa shape index (κ2) is 3.90. The van der Waals surface area contributed by atoms with Crippen LogP contribution in [0.1, 0.15) is 13.8 Å². The maximum atomic E-state index is 10.6. The molecule has 0 N–H and O–H groups in total. The van der Waals surface area contributed by atoms with E-state index < -0.39 is 11.5 Å². The lowest BCUT2D eigenvalue weighted by molar-refractivity contribution is -0.115. The number of hydrogen-bond donors (Lipinski definition) is 0. The van der Waals surface area contributed by atoms with Crippen LogP contribution in [-0.2, 0) is 13.9 Å². The Morgan fingerprint density at radius 2 is 2.00 bits per heavy atom. The number of hydrogen-bond acceptors (Lipinski definition) is 3. The largest absolute Gasteiger partial charge is 0.380 e. The molecule has 0 bridgehead atoms. The molecular formula is C5H9Cl2O3P. The van der Waals surface area contributed by atoms with Gasteiger partial charge in [0.1, 0.15) is 6.29 Å². The predicted octanol–water partition coefficient (Wildman–Crippen LogP) is 2.81. The summed E-state index contributed by atoms with van der Waals surface area (Å²) >= 11 is 10.2. The summed E-state index contributed by atoms with van der Waals surface area (Å²) in [7, 11) is 0. The molecule has 0 heterocycles. The molecule has 0 aromatic carbocycles. The molecule has 0 radical (unpaired) electrons. The molecular weight excluding hydrogens is 210 g/mol. The second-order valence-electron chi connectivity index (χ2n) is 2.79. The molecule has 0 atom stereocenters. The van der Waals surface area contributed by atoms with Crippen LogP contribution in [0.25, 0.3) is 0 Å². The van der Waals surface area contributed by atoms with Gasteiger partial charge in [-0.1, -0.05) is 13.8 Å². The van der Waals surface area contributed by atoms with E-state index in [0.29, 0.717) is 6.29 Å². The molecule has 0 saturated carbocycles. The van der Waals surface area contributed by atoms with Crippen LogP contribution in [0.4, 0.5) is 0 Å². The fraction of sp³-hybridized carbons (Fsp3) is 0.800. The molecule has 0 fully saturated rings. The third-order valence-corrected chi connectivity index (χ3v) is 1.92. The summed E-state index contributed by atoms with van der Waals surface area (Å²) in [5.41, 5.74) is -0.695.